The van der Waals surface area contributed by atoms with E-state index in [0.29, 0.717) is 54.5 Å². The van der Waals surface area contributed by atoms with Crippen LogP contribution in [0.3, 0.4) is 0 Å². The van der Waals surface area contributed by atoms with Gasteiger partial charge in [-0.05, 0) is 55.7 Å². The summed E-state index contributed by atoms with van der Waals surface area (Å²) in [6.07, 6.45) is 2.88. The lowest BCUT2D eigenvalue weighted by atomic mass is 10.0. The van der Waals surface area contributed by atoms with E-state index in [0.717, 1.165) is 18.5 Å². The van der Waals surface area contributed by atoms with Gasteiger partial charge in [0.15, 0.2) is 5.16 Å². The van der Waals surface area contributed by atoms with Gasteiger partial charge in [-0.2, -0.15) is 0 Å². The molecule has 1 aromatic carbocycles. The number of ether oxygens (including phenoxy) is 1. The number of rotatable bonds is 5. The number of hydrogen-bond acceptors (Lipinski definition) is 7. The highest BCUT2D eigenvalue weighted by Crippen LogP contribution is 2.31. The number of piperidine rings is 1. The molecular weight excluding hydrogens is 484 g/mol. The zero-order valence-corrected chi connectivity index (χ0v) is 21.3. The van der Waals surface area contributed by atoms with E-state index in [9.17, 15) is 14.4 Å². The summed E-state index contributed by atoms with van der Waals surface area (Å²) >= 11 is 2.71. The van der Waals surface area contributed by atoms with Crippen LogP contribution >= 0.6 is 23.1 Å². The maximum absolute atomic E-state index is 13.5. The predicted octanol–water partition coefficient (Wildman–Crippen LogP) is 4.32. The maximum Gasteiger partial charge on any atom is 0.409 e. The Hall–Kier alpha value is -2.85. The minimum Gasteiger partial charge on any atom is -0.450 e. The SMILES string of the molecule is CCOC(=O)N1CCC(n2c(SCC(=O)N3CCCc4ccccc43)nc3ccsc3c2=O)CC1. The van der Waals surface area contributed by atoms with Crippen LogP contribution in [0, 0.1) is 0 Å². The molecule has 10 heteroatoms. The van der Waals surface area contributed by atoms with E-state index >= 15 is 0 Å². The Kier molecular flexibility index (Phi) is 7.10. The Morgan fingerprint density at radius 1 is 1.17 bits per heavy atom. The molecule has 4 heterocycles. The van der Waals surface area contributed by atoms with Gasteiger partial charge in [0, 0.05) is 31.4 Å². The van der Waals surface area contributed by atoms with Crippen LogP contribution in [-0.4, -0.2) is 58.4 Å². The van der Waals surface area contributed by atoms with Gasteiger partial charge in [-0.25, -0.2) is 9.78 Å². The normalized spacial score (nSPS) is 16.4. The number of carbonyl (C=O) groups excluding carboxylic acids is 2. The Labute approximate surface area is 211 Å². The lowest BCUT2D eigenvalue weighted by molar-refractivity contribution is -0.116. The number of fused-ring (bicyclic) bond motifs is 2. The molecule has 35 heavy (non-hydrogen) atoms. The molecular formula is C25H28N4O4S2. The Bertz CT molecular complexity index is 1300. The van der Waals surface area contributed by atoms with Crippen molar-refractivity contribution in [3.05, 3.63) is 51.6 Å². The van der Waals surface area contributed by atoms with Gasteiger partial charge in [-0.15, -0.1) is 11.3 Å². The van der Waals surface area contributed by atoms with E-state index in [1.54, 1.807) is 16.4 Å². The lowest BCUT2D eigenvalue weighted by Gasteiger charge is -2.33. The second kappa shape index (κ2) is 10.4. The van der Waals surface area contributed by atoms with Gasteiger partial charge in [0.05, 0.1) is 17.9 Å². The molecule has 0 unspecified atom stereocenters. The molecule has 0 aliphatic carbocycles. The monoisotopic (exact) mass is 512 g/mol. The number of para-hydroxylation sites is 1. The summed E-state index contributed by atoms with van der Waals surface area (Å²) in [5, 5.41) is 2.44. The quantitative estimate of drug-likeness (QED) is 0.374. The smallest absolute Gasteiger partial charge is 0.409 e. The first-order valence-corrected chi connectivity index (χ1v) is 13.9. The van der Waals surface area contributed by atoms with Crippen molar-refractivity contribution in [1.29, 1.82) is 0 Å². The van der Waals surface area contributed by atoms with E-state index in [1.807, 2.05) is 34.5 Å². The third-order valence-electron chi connectivity index (χ3n) is 6.57. The van der Waals surface area contributed by atoms with Crippen LogP contribution in [0.25, 0.3) is 10.2 Å². The zero-order valence-electron chi connectivity index (χ0n) is 19.6. The Morgan fingerprint density at radius 3 is 2.77 bits per heavy atom. The van der Waals surface area contributed by atoms with Crippen molar-refractivity contribution in [1.82, 2.24) is 14.5 Å². The van der Waals surface area contributed by atoms with Crippen molar-refractivity contribution in [2.24, 2.45) is 0 Å². The number of benzene rings is 1. The molecule has 0 atom stereocenters. The summed E-state index contributed by atoms with van der Waals surface area (Å²) in [7, 11) is 0. The van der Waals surface area contributed by atoms with Gasteiger partial charge >= 0.3 is 6.09 Å². The topological polar surface area (TPSA) is 84.7 Å². The van der Waals surface area contributed by atoms with Gasteiger partial charge in [-0.3, -0.25) is 14.2 Å². The minimum atomic E-state index is -0.313. The van der Waals surface area contributed by atoms with Crippen molar-refractivity contribution in [2.45, 2.75) is 43.8 Å². The van der Waals surface area contributed by atoms with Crippen LogP contribution in [-0.2, 0) is 16.0 Å². The molecule has 1 saturated heterocycles. The van der Waals surface area contributed by atoms with Crippen LogP contribution in [0.5, 0.6) is 0 Å². The van der Waals surface area contributed by atoms with E-state index in [4.69, 9.17) is 9.72 Å². The molecule has 0 spiro atoms. The molecule has 184 valence electrons. The summed E-state index contributed by atoms with van der Waals surface area (Å²) in [4.78, 5) is 47.1. The summed E-state index contributed by atoms with van der Waals surface area (Å²) in [5.41, 5.74) is 2.77. The molecule has 2 amide bonds. The average Bonchev–Trinajstić information content (AvgIpc) is 3.36. The fraction of sp³-hybridized carbons (Fsp3) is 0.440. The highest BCUT2D eigenvalue weighted by molar-refractivity contribution is 7.99. The predicted molar refractivity (Wildman–Crippen MR) is 139 cm³/mol. The first-order chi connectivity index (χ1) is 17.1. The van der Waals surface area contributed by atoms with Gasteiger partial charge in [0.1, 0.15) is 4.70 Å². The van der Waals surface area contributed by atoms with Crippen LogP contribution < -0.4 is 10.5 Å². The number of thiophene rings is 1. The highest BCUT2D eigenvalue weighted by atomic mass is 32.2. The van der Waals surface area contributed by atoms with Gasteiger partial charge < -0.3 is 14.5 Å². The average molecular weight is 513 g/mol. The fourth-order valence-corrected chi connectivity index (χ4v) is 6.55. The van der Waals surface area contributed by atoms with Crippen molar-refractivity contribution in [3.8, 4) is 0 Å². The van der Waals surface area contributed by atoms with Crippen LogP contribution in [0.2, 0.25) is 0 Å². The second-order valence-corrected chi connectivity index (χ2v) is 10.5. The molecule has 0 bridgehead atoms. The van der Waals surface area contributed by atoms with Crippen molar-refractivity contribution in [3.63, 3.8) is 0 Å². The van der Waals surface area contributed by atoms with E-state index in [1.165, 1.54) is 28.7 Å². The first kappa shape index (κ1) is 23.9. The molecule has 1 fully saturated rings. The Balaban J connectivity index is 1.37. The molecule has 2 aliphatic rings. The molecule has 0 saturated carbocycles. The standard InChI is InChI=1S/C25H28N4O4S2/c1-2-33-25(32)27-13-9-18(10-14-27)29-23(31)22-19(11-15-34-22)26-24(29)35-16-21(30)28-12-5-7-17-6-3-4-8-20(17)28/h3-4,6,8,11,15,18H,2,5,7,9-10,12-14,16H2,1H3. The number of hydrogen-bond donors (Lipinski definition) is 0. The highest BCUT2D eigenvalue weighted by Gasteiger charge is 2.29. The number of thioether (sulfide) groups is 1. The van der Waals surface area contributed by atoms with Crippen LogP contribution in [0.4, 0.5) is 10.5 Å². The molecule has 2 aliphatic heterocycles. The van der Waals surface area contributed by atoms with Crippen LogP contribution in [0.1, 0.15) is 37.8 Å². The van der Waals surface area contributed by atoms with E-state index in [2.05, 4.69) is 6.07 Å². The summed E-state index contributed by atoms with van der Waals surface area (Å²) in [5.74, 6) is 0.225. The third kappa shape index (κ3) is 4.81. The van der Waals surface area contributed by atoms with Crippen molar-refractivity contribution >= 4 is 51.0 Å². The lowest BCUT2D eigenvalue weighted by Crippen LogP contribution is -2.41. The van der Waals surface area contributed by atoms with Gasteiger partial charge in [0.25, 0.3) is 5.56 Å². The third-order valence-corrected chi connectivity index (χ3v) is 8.40. The zero-order chi connectivity index (χ0) is 24.4. The summed E-state index contributed by atoms with van der Waals surface area (Å²) in [6, 6.07) is 9.81. The number of amides is 2. The van der Waals surface area contributed by atoms with Gasteiger partial charge in [0.2, 0.25) is 5.91 Å². The van der Waals surface area contributed by atoms with Crippen LogP contribution in [0.15, 0.2) is 45.7 Å². The molecule has 2 aromatic heterocycles. The van der Waals surface area contributed by atoms with Crippen molar-refractivity contribution < 1.29 is 14.3 Å². The molecule has 0 N–H and O–H groups in total. The van der Waals surface area contributed by atoms with Crippen molar-refractivity contribution in [2.75, 3.05) is 36.9 Å². The number of carbonyl (C=O) groups is 2. The number of aromatic nitrogens is 2. The van der Waals surface area contributed by atoms with E-state index in [-0.39, 0.29) is 29.4 Å². The number of nitrogens with zero attached hydrogens (tertiary/aromatic N) is 4. The molecule has 0 radical (unpaired) electrons. The number of aryl methyl sites for hydroxylation is 1. The van der Waals surface area contributed by atoms with E-state index < -0.39 is 0 Å². The molecule has 8 nitrogen and oxygen atoms in total. The summed E-state index contributed by atoms with van der Waals surface area (Å²) < 4.78 is 7.50. The largest absolute Gasteiger partial charge is 0.450 e. The number of anilines is 1. The number of likely N-dealkylation sites (tertiary alicyclic amines) is 1. The minimum absolute atomic E-state index is 0.0190. The maximum atomic E-state index is 13.5. The Morgan fingerprint density at radius 2 is 1.97 bits per heavy atom. The van der Waals surface area contributed by atoms with Gasteiger partial charge in [-0.1, -0.05) is 30.0 Å². The molecule has 3 aromatic rings. The fourth-order valence-electron chi connectivity index (χ4n) is 4.85. The first-order valence-electron chi connectivity index (χ1n) is 12.0. The summed E-state index contributed by atoms with van der Waals surface area (Å²) in [6.45, 7) is 3.87. The molecule has 5 rings (SSSR count). The second-order valence-electron chi connectivity index (χ2n) is 8.69.